The molecule has 0 saturated heterocycles. The molecule has 0 aliphatic carbocycles. The molecule has 0 atom stereocenters. The summed E-state index contributed by atoms with van der Waals surface area (Å²) in [4.78, 5) is 0. The van der Waals surface area contributed by atoms with Crippen LogP contribution in [0.4, 0.5) is 0 Å². The number of hydrogen-bond acceptors (Lipinski definition) is 2. The van der Waals surface area contributed by atoms with Crippen molar-refractivity contribution in [1.82, 2.24) is 0 Å². The molecule has 0 aliphatic rings. The van der Waals surface area contributed by atoms with Crippen LogP contribution in [-0.4, -0.2) is 19.2 Å². The summed E-state index contributed by atoms with van der Waals surface area (Å²) in [5, 5.41) is 0. The van der Waals surface area contributed by atoms with E-state index in [1.807, 2.05) is 0 Å². The monoisotopic (exact) mass is 238 g/mol. The zero-order valence-electron chi connectivity index (χ0n) is 3.17. The maximum atomic E-state index is 9.19. The zero-order valence-corrected chi connectivity index (χ0v) is 7.20. The van der Waals surface area contributed by atoms with E-state index >= 15 is 0 Å². The molecule has 0 spiro atoms. The first-order valence-electron chi connectivity index (χ1n) is 0.924. The van der Waals surface area contributed by atoms with Gasteiger partial charge in [-0.3, -0.25) is 4.55 Å². The fourth-order valence-corrected chi connectivity index (χ4v) is 0. The van der Waals surface area contributed by atoms with Gasteiger partial charge in [0.25, 0.3) is 10.1 Å². The minimum atomic E-state index is -3.67. The van der Waals surface area contributed by atoms with Gasteiger partial charge in [0.1, 0.15) is 0 Å². The molecule has 0 fully saturated rings. The molecule has 1 N–H and O–H groups in total. The van der Waals surface area contributed by atoms with E-state index in [2.05, 4.69) is 0 Å². The molecule has 0 aromatic rings. The Hall–Kier alpha value is 1.26. The van der Waals surface area contributed by atoms with Crippen LogP contribution < -0.4 is 0 Å². The standard InChI is InChI=1S/CH4O3S.Nd/c1-5(2,3)4;/h1H3,(H,2,3,4);. The fourth-order valence-electron chi connectivity index (χ4n) is 0. The van der Waals surface area contributed by atoms with Crippen molar-refractivity contribution in [2.24, 2.45) is 0 Å². The van der Waals surface area contributed by atoms with Gasteiger partial charge in [0.05, 0.1) is 6.26 Å². The van der Waals surface area contributed by atoms with Crippen LogP contribution in [0, 0.1) is 40.8 Å². The van der Waals surface area contributed by atoms with Crippen LogP contribution in [0.5, 0.6) is 0 Å². The summed E-state index contributed by atoms with van der Waals surface area (Å²) >= 11 is 0. The van der Waals surface area contributed by atoms with Gasteiger partial charge in [-0.2, -0.15) is 8.42 Å². The summed E-state index contributed by atoms with van der Waals surface area (Å²) in [5.41, 5.74) is 0. The van der Waals surface area contributed by atoms with Gasteiger partial charge in [0.15, 0.2) is 0 Å². The van der Waals surface area contributed by atoms with Gasteiger partial charge in [-0.1, -0.05) is 0 Å². The predicted molar refractivity (Wildman–Crippen MR) is 17.5 cm³/mol. The Morgan fingerprint density at radius 3 is 1.50 bits per heavy atom. The van der Waals surface area contributed by atoms with E-state index in [-0.39, 0.29) is 40.8 Å². The Balaban J connectivity index is 0. The first kappa shape index (κ1) is 10.3. The van der Waals surface area contributed by atoms with Gasteiger partial charge in [0.2, 0.25) is 0 Å². The SMILES string of the molecule is CS(=O)(=O)O.[Nd]. The van der Waals surface area contributed by atoms with Crippen LogP contribution in [0.25, 0.3) is 0 Å². The van der Waals surface area contributed by atoms with Crippen molar-refractivity contribution in [1.29, 1.82) is 0 Å². The Morgan fingerprint density at radius 1 is 1.50 bits per heavy atom. The van der Waals surface area contributed by atoms with Crippen LogP contribution in [0.1, 0.15) is 0 Å². The molecule has 0 rings (SSSR count). The molecule has 5 heteroatoms. The molecule has 0 radical (unpaired) electrons. The minimum Gasteiger partial charge on any atom is -0.286 e. The van der Waals surface area contributed by atoms with Gasteiger partial charge in [-0.25, -0.2) is 0 Å². The predicted octanol–water partition coefficient (Wildman–Crippen LogP) is -0.496. The summed E-state index contributed by atoms with van der Waals surface area (Å²) in [6.07, 6.45) is 0.715. The van der Waals surface area contributed by atoms with E-state index in [4.69, 9.17) is 4.55 Å². The van der Waals surface area contributed by atoms with Gasteiger partial charge >= 0.3 is 0 Å². The smallest absolute Gasteiger partial charge is 0.261 e. The van der Waals surface area contributed by atoms with Crippen molar-refractivity contribution in [3.63, 3.8) is 0 Å². The second-order valence-electron chi connectivity index (χ2n) is 0.733. The average Bonchev–Trinajstić information content (AvgIpc) is 0.722. The fraction of sp³-hybridized carbons (Fsp3) is 1.00. The molecule has 0 aliphatic heterocycles. The molecule has 0 aromatic heterocycles. The Kier molecular flexibility index (Phi) is 5.63. The molecule has 0 bridgehead atoms. The quantitative estimate of drug-likeness (QED) is 0.581. The molecule has 6 heavy (non-hydrogen) atoms. The third kappa shape index (κ3) is 60.1. The second kappa shape index (κ2) is 3.29. The molecule has 0 amide bonds. The van der Waals surface area contributed by atoms with E-state index in [0.717, 1.165) is 0 Å². The Morgan fingerprint density at radius 2 is 1.50 bits per heavy atom. The molecular weight excluding hydrogens is 236 g/mol. The zero-order chi connectivity index (χ0) is 4.50. The van der Waals surface area contributed by atoms with Crippen LogP contribution >= 0.6 is 0 Å². The maximum Gasteiger partial charge on any atom is 0.261 e. The first-order valence-corrected chi connectivity index (χ1v) is 2.77. The van der Waals surface area contributed by atoms with Crippen molar-refractivity contribution in [3.05, 3.63) is 0 Å². The molecule has 0 unspecified atom stereocenters. The average molecular weight is 240 g/mol. The van der Waals surface area contributed by atoms with E-state index in [1.54, 1.807) is 0 Å². The van der Waals surface area contributed by atoms with Gasteiger partial charge in [0, 0.05) is 40.8 Å². The number of hydrogen-bond donors (Lipinski definition) is 1. The van der Waals surface area contributed by atoms with E-state index < -0.39 is 10.1 Å². The van der Waals surface area contributed by atoms with E-state index in [9.17, 15) is 8.42 Å². The topological polar surface area (TPSA) is 54.4 Å². The summed E-state index contributed by atoms with van der Waals surface area (Å²) in [6, 6.07) is 0. The normalized spacial score (nSPS) is 9.67. The van der Waals surface area contributed by atoms with Crippen molar-refractivity contribution in [2.75, 3.05) is 6.26 Å². The van der Waals surface area contributed by atoms with E-state index in [0.29, 0.717) is 6.26 Å². The maximum absolute atomic E-state index is 9.19. The largest absolute Gasteiger partial charge is 0.286 e. The molecule has 0 saturated carbocycles. The van der Waals surface area contributed by atoms with Crippen molar-refractivity contribution >= 4 is 10.1 Å². The summed E-state index contributed by atoms with van der Waals surface area (Å²) < 4.78 is 25.9. The Bertz CT molecular complexity index is 94.0. The van der Waals surface area contributed by atoms with Crippen LogP contribution in [0.2, 0.25) is 0 Å². The van der Waals surface area contributed by atoms with Crippen molar-refractivity contribution in [2.45, 2.75) is 0 Å². The molecule has 36 valence electrons. The first-order chi connectivity index (χ1) is 2.00. The molecule has 0 aromatic carbocycles. The van der Waals surface area contributed by atoms with Crippen molar-refractivity contribution in [3.8, 4) is 0 Å². The molecule has 3 nitrogen and oxygen atoms in total. The second-order valence-corrected chi connectivity index (χ2v) is 2.20. The van der Waals surface area contributed by atoms with Crippen molar-refractivity contribution < 1.29 is 53.8 Å². The minimum absolute atomic E-state index is 0. The molecular formula is CH4NdO3S. The summed E-state index contributed by atoms with van der Waals surface area (Å²) in [7, 11) is -3.67. The third-order valence-corrected chi connectivity index (χ3v) is 0. The van der Waals surface area contributed by atoms with Gasteiger partial charge in [-0.05, 0) is 0 Å². The van der Waals surface area contributed by atoms with Crippen LogP contribution in [0.15, 0.2) is 0 Å². The summed E-state index contributed by atoms with van der Waals surface area (Å²) in [6.45, 7) is 0. The Labute approximate surface area is 69.4 Å². The van der Waals surface area contributed by atoms with E-state index in [1.165, 1.54) is 0 Å². The van der Waals surface area contributed by atoms with Gasteiger partial charge < -0.3 is 0 Å². The summed E-state index contributed by atoms with van der Waals surface area (Å²) in [5.74, 6) is 0. The molecule has 0 heterocycles. The van der Waals surface area contributed by atoms with Crippen LogP contribution in [0.3, 0.4) is 0 Å². The number of rotatable bonds is 0. The van der Waals surface area contributed by atoms with Gasteiger partial charge in [-0.15, -0.1) is 0 Å². The van der Waals surface area contributed by atoms with Crippen LogP contribution in [-0.2, 0) is 10.1 Å². The third-order valence-electron chi connectivity index (χ3n) is 0.